The van der Waals surface area contributed by atoms with Crippen LogP contribution < -0.4 is 10.1 Å². The topological polar surface area (TPSA) is 66.0 Å². The molecule has 2 aromatic carbocycles. The van der Waals surface area contributed by atoms with E-state index in [2.05, 4.69) is 11.2 Å². The lowest BCUT2D eigenvalue weighted by Crippen LogP contribution is -2.30. The van der Waals surface area contributed by atoms with Crippen LogP contribution in [0.1, 0.15) is 30.9 Å². The van der Waals surface area contributed by atoms with Crippen molar-refractivity contribution >= 4 is 16.9 Å². The summed E-state index contributed by atoms with van der Waals surface area (Å²) in [7, 11) is 1.61. The summed E-state index contributed by atoms with van der Waals surface area (Å²) in [5.41, 5.74) is 1.04. The lowest BCUT2D eigenvalue weighted by molar-refractivity contribution is 0.0257. The van der Waals surface area contributed by atoms with Gasteiger partial charge in [-0.3, -0.25) is 0 Å². The van der Waals surface area contributed by atoms with E-state index in [0.29, 0.717) is 50.7 Å². The largest absolute Gasteiger partial charge is 0.412 e. The number of hydrogen-bond acceptors (Lipinski definition) is 5. The summed E-state index contributed by atoms with van der Waals surface area (Å²) in [4.78, 5) is 12.1. The molecular weight excluding hydrogens is 389 g/mol. The highest BCUT2D eigenvalue weighted by Crippen LogP contribution is 2.33. The van der Waals surface area contributed by atoms with Crippen molar-refractivity contribution in [3.05, 3.63) is 41.2 Å². The van der Waals surface area contributed by atoms with Crippen LogP contribution in [0.15, 0.2) is 24.3 Å². The zero-order valence-corrected chi connectivity index (χ0v) is 17.6. The fourth-order valence-electron chi connectivity index (χ4n) is 2.93. The van der Waals surface area contributed by atoms with E-state index in [1.807, 2.05) is 13.8 Å². The molecule has 0 aliphatic carbocycles. The van der Waals surface area contributed by atoms with Gasteiger partial charge in [0.05, 0.1) is 38.6 Å². The Morgan fingerprint density at radius 1 is 1.13 bits per heavy atom. The van der Waals surface area contributed by atoms with Crippen molar-refractivity contribution in [1.29, 1.82) is 0 Å². The number of benzene rings is 2. The van der Waals surface area contributed by atoms with E-state index in [9.17, 15) is 9.18 Å². The molecule has 0 aliphatic rings. The number of carbonyl (C=O) groups excluding carboxylic acids is 1. The second-order valence-corrected chi connectivity index (χ2v) is 6.87. The van der Waals surface area contributed by atoms with Gasteiger partial charge in [0.25, 0.3) is 0 Å². The van der Waals surface area contributed by atoms with E-state index >= 15 is 0 Å². The van der Waals surface area contributed by atoms with Gasteiger partial charge >= 0.3 is 6.09 Å². The average molecular weight is 417 g/mol. The van der Waals surface area contributed by atoms with Gasteiger partial charge in [-0.2, -0.15) is 0 Å². The first-order chi connectivity index (χ1) is 14.5. The number of ether oxygens (including phenoxy) is 4. The maximum absolute atomic E-state index is 14.1. The molecular formula is C23H28FNO5. The van der Waals surface area contributed by atoms with Gasteiger partial charge in [0.2, 0.25) is 0 Å². The maximum atomic E-state index is 14.1. The molecule has 162 valence electrons. The fraction of sp³-hybridized carbons (Fsp3) is 0.435. The minimum atomic E-state index is -0.594. The van der Waals surface area contributed by atoms with Gasteiger partial charge < -0.3 is 24.3 Å². The first-order valence-corrected chi connectivity index (χ1v) is 9.80. The lowest BCUT2D eigenvalue weighted by Gasteiger charge is -2.15. The third-order valence-electron chi connectivity index (χ3n) is 4.37. The summed E-state index contributed by atoms with van der Waals surface area (Å²) in [6.45, 7) is 6.53. The second-order valence-electron chi connectivity index (χ2n) is 6.87. The molecule has 0 atom stereocenters. The van der Waals surface area contributed by atoms with Crippen LogP contribution in [0.3, 0.4) is 0 Å². The van der Waals surface area contributed by atoms with Crippen molar-refractivity contribution < 1.29 is 28.1 Å². The molecule has 2 rings (SSSR count). The minimum Gasteiger partial charge on any atom is -0.410 e. The number of nitrogens with one attached hydrogen (secondary N) is 1. The Morgan fingerprint density at radius 3 is 2.50 bits per heavy atom. The van der Waals surface area contributed by atoms with Gasteiger partial charge in [0.15, 0.2) is 0 Å². The van der Waals surface area contributed by atoms with Crippen LogP contribution in [0.25, 0.3) is 10.8 Å². The smallest absolute Gasteiger partial charge is 0.410 e. The van der Waals surface area contributed by atoms with Crippen molar-refractivity contribution in [2.24, 2.45) is 0 Å². The molecule has 30 heavy (non-hydrogen) atoms. The van der Waals surface area contributed by atoms with Gasteiger partial charge in [0.1, 0.15) is 11.6 Å². The predicted octanol–water partition coefficient (Wildman–Crippen LogP) is 3.85. The van der Waals surface area contributed by atoms with Crippen molar-refractivity contribution in [3.63, 3.8) is 0 Å². The molecule has 0 unspecified atom stereocenters. The molecule has 0 aliphatic heterocycles. The SMILES string of the molecule is C#Cc1c(F)ccc2cc(OC(=O)NCCOCCOCCOC)cc(C(C)C)c12. The number of carbonyl (C=O) groups is 1. The normalized spacial score (nSPS) is 10.9. The van der Waals surface area contributed by atoms with Gasteiger partial charge in [-0.1, -0.05) is 25.8 Å². The molecule has 0 heterocycles. The molecule has 6 nitrogen and oxygen atoms in total. The molecule has 0 saturated carbocycles. The van der Waals surface area contributed by atoms with Gasteiger partial charge in [0, 0.05) is 19.0 Å². The van der Waals surface area contributed by atoms with E-state index in [4.69, 9.17) is 25.4 Å². The predicted molar refractivity (Wildman–Crippen MR) is 113 cm³/mol. The van der Waals surface area contributed by atoms with Crippen LogP contribution in [0.2, 0.25) is 0 Å². The number of amides is 1. The van der Waals surface area contributed by atoms with E-state index < -0.39 is 11.9 Å². The summed E-state index contributed by atoms with van der Waals surface area (Å²) < 4.78 is 35.0. The number of methoxy groups -OCH3 is 1. The van der Waals surface area contributed by atoms with Crippen molar-refractivity contribution in [3.8, 4) is 18.1 Å². The zero-order valence-electron chi connectivity index (χ0n) is 17.6. The number of terminal acetylenes is 1. The molecule has 0 bridgehead atoms. The second kappa shape index (κ2) is 12.1. The zero-order chi connectivity index (χ0) is 21.9. The van der Waals surface area contributed by atoms with Gasteiger partial charge in [-0.05, 0) is 35.1 Å². The highest BCUT2D eigenvalue weighted by atomic mass is 19.1. The Kier molecular flexibility index (Phi) is 9.55. The molecule has 7 heteroatoms. The maximum Gasteiger partial charge on any atom is 0.412 e. The Hall–Kier alpha value is -2.66. The van der Waals surface area contributed by atoms with E-state index in [1.54, 1.807) is 25.3 Å². The van der Waals surface area contributed by atoms with Crippen LogP contribution in [0.5, 0.6) is 5.75 Å². The first kappa shape index (κ1) is 23.6. The molecule has 0 saturated heterocycles. The lowest BCUT2D eigenvalue weighted by atomic mass is 9.92. The fourth-order valence-corrected chi connectivity index (χ4v) is 2.93. The number of fused-ring (bicyclic) bond motifs is 1. The van der Waals surface area contributed by atoms with Crippen LogP contribution in [-0.4, -0.2) is 52.8 Å². The summed E-state index contributed by atoms with van der Waals surface area (Å²) in [6.07, 6.45) is 4.92. The van der Waals surface area contributed by atoms with Gasteiger partial charge in [-0.15, -0.1) is 6.42 Å². The van der Waals surface area contributed by atoms with Gasteiger partial charge in [-0.25, -0.2) is 9.18 Å². The Bertz CT molecular complexity index is 891. The summed E-state index contributed by atoms with van der Waals surface area (Å²) >= 11 is 0. The van der Waals surface area contributed by atoms with Crippen LogP contribution in [0, 0.1) is 18.2 Å². The van der Waals surface area contributed by atoms with E-state index in [1.165, 1.54) is 6.07 Å². The van der Waals surface area contributed by atoms with Crippen molar-refractivity contribution in [2.75, 3.05) is 46.7 Å². The number of hydrogen-bond donors (Lipinski definition) is 1. The number of halogens is 1. The summed E-state index contributed by atoms with van der Waals surface area (Å²) in [5, 5.41) is 4.02. The van der Waals surface area contributed by atoms with Crippen LogP contribution in [-0.2, 0) is 14.2 Å². The van der Waals surface area contributed by atoms with Crippen LogP contribution in [0.4, 0.5) is 9.18 Å². The molecule has 0 spiro atoms. The van der Waals surface area contributed by atoms with Crippen LogP contribution >= 0.6 is 0 Å². The average Bonchev–Trinajstić information content (AvgIpc) is 2.72. The highest BCUT2D eigenvalue weighted by Gasteiger charge is 2.15. The summed E-state index contributed by atoms with van der Waals surface area (Å²) in [6, 6.07) is 6.35. The first-order valence-electron chi connectivity index (χ1n) is 9.80. The Balaban J connectivity index is 1.92. The molecule has 2 aromatic rings. The summed E-state index contributed by atoms with van der Waals surface area (Å²) in [5.74, 6) is 2.42. The Morgan fingerprint density at radius 2 is 1.83 bits per heavy atom. The van der Waals surface area contributed by atoms with E-state index in [-0.39, 0.29) is 11.5 Å². The molecule has 1 N–H and O–H groups in total. The third kappa shape index (κ3) is 6.70. The molecule has 1 amide bonds. The van der Waals surface area contributed by atoms with Crippen molar-refractivity contribution in [2.45, 2.75) is 19.8 Å². The molecule has 0 radical (unpaired) electrons. The Labute approximate surface area is 176 Å². The third-order valence-corrected chi connectivity index (χ3v) is 4.37. The monoisotopic (exact) mass is 417 g/mol. The van der Waals surface area contributed by atoms with E-state index in [0.717, 1.165) is 10.9 Å². The van der Waals surface area contributed by atoms with Crippen molar-refractivity contribution in [1.82, 2.24) is 5.32 Å². The molecule has 0 aromatic heterocycles. The highest BCUT2D eigenvalue weighted by molar-refractivity contribution is 5.93. The quantitative estimate of drug-likeness (QED) is 0.444. The standard InChI is InChI=1S/C23H28FNO5/c1-5-19-21(24)7-6-17-14-18(15-20(16(2)3)22(17)19)30-23(26)25-8-9-28-12-13-29-11-10-27-4/h1,6-7,14-16H,8-13H2,2-4H3,(H,25,26). The number of rotatable bonds is 11. The molecule has 0 fully saturated rings. The minimum absolute atomic E-state index is 0.0625.